The third-order valence-electron chi connectivity index (χ3n) is 2.70. The van der Waals surface area contributed by atoms with Crippen molar-refractivity contribution in [1.29, 1.82) is 0 Å². The molecule has 0 aromatic rings. The SMILES string of the molecule is Cl.NC1(C(F)(F)F)CCCC(C(=O)O)C1. The number of aliphatic carboxylic acids is 1. The molecule has 0 aliphatic heterocycles. The topological polar surface area (TPSA) is 63.3 Å². The minimum Gasteiger partial charge on any atom is -0.481 e. The highest BCUT2D eigenvalue weighted by atomic mass is 35.5. The first-order chi connectivity index (χ1) is 6.26. The van der Waals surface area contributed by atoms with E-state index in [1.54, 1.807) is 0 Å². The second-order valence-corrected chi connectivity index (χ2v) is 3.79. The van der Waals surface area contributed by atoms with Crippen molar-refractivity contribution in [1.82, 2.24) is 0 Å². The maximum atomic E-state index is 12.4. The van der Waals surface area contributed by atoms with E-state index in [4.69, 9.17) is 10.8 Å². The Kier molecular flexibility index (Phi) is 4.42. The number of alkyl halides is 3. The molecule has 15 heavy (non-hydrogen) atoms. The molecule has 1 saturated carbocycles. The summed E-state index contributed by atoms with van der Waals surface area (Å²) in [5.74, 6) is -2.15. The quantitative estimate of drug-likeness (QED) is 0.744. The molecule has 2 atom stereocenters. The molecule has 0 heterocycles. The van der Waals surface area contributed by atoms with Crippen LogP contribution in [0.15, 0.2) is 0 Å². The van der Waals surface area contributed by atoms with E-state index < -0.39 is 30.0 Å². The molecule has 1 fully saturated rings. The van der Waals surface area contributed by atoms with Crippen LogP contribution in [0, 0.1) is 5.92 Å². The maximum absolute atomic E-state index is 12.4. The molecule has 0 aromatic carbocycles. The Morgan fingerprint density at radius 1 is 1.47 bits per heavy atom. The van der Waals surface area contributed by atoms with Gasteiger partial charge in [-0.15, -0.1) is 12.4 Å². The van der Waals surface area contributed by atoms with Crippen molar-refractivity contribution >= 4 is 18.4 Å². The molecule has 1 aliphatic carbocycles. The Morgan fingerprint density at radius 2 is 2.00 bits per heavy atom. The summed E-state index contributed by atoms with van der Waals surface area (Å²) < 4.78 is 37.3. The Balaban J connectivity index is 0.00000196. The first-order valence-electron chi connectivity index (χ1n) is 4.35. The van der Waals surface area contributed by atoms with Gasteiger partial charge in [0.25, 0.3) is 0 Å². The van der Waals surface area contributed by atoms with Crippen LogP contribution in [-0.4, -0.2) is 22.8 Å². The fourth-order valence-corrected chi connectivity index (χ4v) is 1.78. The summed E-state index contributed by atoms with van der Waals surface area (Å²) in [6.45, 7) is 0. The number of halogens is 4. The Hall–Kier alpha value is -0.490. The molecule has 0 spiro atoms. The van der Waals surface area contributed by atoms with Gasteiger partial charge < -0.3 is 10.8 Å². The summed E-state index contributed by atoms with van der Waals surface area (Å²) >= 11 is 0. The molecule has 0 amide bonds. The lowest BCUT2D eigenvalue weighted by Crippen LogP contribution is -2.56. The van der Waals surface area contributed by atoms with Gasteiger partial charge in [-0.05, 0) is 19.3 Å². The molecule has 7 heteroatoms. The number of nitrogens with two attached hydrogens (primary N) is 1. The van der Waals surface area contributed by atoms with Gasteiger partial charge in [0, 0.05) is 0 Å². The van der Waals surface area contributed by atoms with Gasteiger partial charge in [-0.1, -0.05) is 6.42 Å². The number of carbonyl (C=O) groups is 1. The van der Waals surface area contributed by atoms with E-state index in [1.807, 2.05) is 0 Å². The van der Waals surface area contributed by atoms with E-state index in [0.29, 0.717) is 0 Å². The average molecular weight is 248 g/mol. The van der Waals surface area contributed by atoms with E-state index >= 15 is 0 Å². The van der Waals surface area contributed by atoms with E-state index in [-0.39, 0.29) is 31.7 Å². The van der Waals surface area contributed by atoms with Crippen molar-refractivity contribution in [3.63, 3.8) is 0 Å². The highest BCUT2D eigenvalue weighted by Gasteiger charge is 2.54. The largest absolute Gasteiger partial charge is 0.481 e. The van der Waals surface area contributed by atoms with Crippen LogP contribution in [0.1, 0.15) is 25.7 Å². The molecule has 0 saturated heterocycles. The minimum absolute atomic E-state index is 0. The summed E-state index contributed by atoms with van der Waals surface area (Å²) in [5, 5.41) is 8.61. The fraction of sp³-hybridized carbons (Fsp3) is 0.875. The predicted molar refractivity (Wildman–Crippen MR) is 49.8 cm³/mol. The van der Waals surface area contributed by atoms with Gasteiger partial charge in [-0.25, -0.2) is 0 Å². The average Bonchev–Trinajstić information content (AvgIpc) is 2.02. The number of rotatable bonds is 1. The van der Waals surface area contributed by atoms with Gasteiger partial charge in [-0.2, -0.15) is 13.2 Å². The Labute approximate surface area is 91.2 Å². The second kappa shape index (κ2) is 4.57. The zero-order chi connectivity index (χ0) is 11.0. The fourth-order valence-electron chi connectivity index (χ4n) is 1.78. The molecule has 1 rings (SSSR count). The van der Waals surface area contributed by atoms with Crippen molar-refractivity contribution in [2.75, 3.05) is 0 Å². The molecule has 1 aliphatic rings. The van der Waals surface area contributed by atoms with Crippen LogP contribution in [0.3, 0.4) is 0 Å². The lowest BCUT2D eigenvalue weighted by atomic mass is 9.76. The Bertz CT molecular complexity index is 247. The normalized spacial score (nSPS) is 31.9. The first kappa shape index (κ1) is 14.5. The van der Waals surface area contributed by atoms with Crippen molar-refractivity contribution in [2.24, 2.45) is 11.7 Å². The molecule has 0 bridgehead atoms. The van der Waals surface area contributed by atoms with Gasteiger partial charge in [-0.3, -0.25) is 4.79 Å². The van der Waals surface area contributed by atoms with Gasteiger partial charge >= 0.3 is 12.1 Å². The second-order valence-electron chi connectivity index (χ2n) is 3.79. The zero-order valence-corrected chi connectivity index (χ0v) is 8.70. The van der Waals surface area contributed by atoms with E-state index in [1.165, 1.54) is 0 Å². The standard InChI is InChI=1S/C8H12F3NO2.ClH/c9-8(10,11)7(12)3-1-2-5(4-7)6(13)14;/h5H,1-4,12H2,(H,13,14);1H. The van der Waals surface area contributed by atoms with Crippen molar-refractivity contribution in [3.8, 4) is 0 Å². The van der Waals surface area contributed by atoms with E-state index in [2.05, 4.69) is 0 Å². The molecule has 0 aromatic heterocycles. The van der Waals surface area contributed by atoms with Crippen molar-refractivity contribution in [3.05, 3.63) is 0 Å². The lowest BCUT2D eigenvalue weighted by molar-refractivity contribution is -0.199. The highest BCUT2D eigenvalue weighted by molar-refractivity contribution is 5.85. The van der Waals surface area contributed by atoms with Crippen LogP contribution in [0.25, 0.3) is 0 Å². The van der Waals surface area contributed by atoms with E-state index in [0.717, 1.165) is 0 Å². The molecule has 2 unspecified atom stereocenters. The van der Waals surface area contributed by atoms with Crippen LogP contribution in [0.4, 0.5) is 13.2 Å². The first-order valence-corrected chi connectivity index (χ1v) is 4.35. The highest BCUT2D eigenvalue weighted by Crippen LogP contribution is 2.41. The predicted octanol–water partition coefficient (Wildman–Crippen LogP) is 1.94. The molecular weight excluding hydrogens is 235 g/mol. The van der Waals surface area contributed by atoms with Crippen LogP contribution in [0.5, 0.6) is 0 Å². The number of hydrogen-bond donors (Lipinski definition) is 2. The van der Waals surface area contributed by atoms with Crippen molar-refractivity contribution in [2.45, 2.75) is 37.4 Å². The number of carboxylic acid groups (broad SMARTS) is 1. The van der Waals surface area contributed by atoms with Crippen LogP contribution in [0.2, 0.25) is 0 Å². The lowest BCUT2D eigenvalue weighted by Gasteiger charge is -2.37. The molecule has 90 valence electrons. The molecular formula is C8H13ClF3NO2. The maximum Gasteiger partial charge on any atom is 0.406 e. The third-order valence-corrected chi connectivity index (χ3v) is 2.70. The van der Waals surface area contributed by atoms with Gasteiger partial charge in [0.2, 0.25) is 0 Å². The summed E-state index contributed by atoms with van der Waals surface area (Å²) in [6, 6.07) is 0. The van der Waals surface area contributed by atoms with Crippen LogP contribution >= 0.6 is 12.4 Å². The number of carboxylic acids is 1. The van der Waals surface area contributed by atoms with Gasteiger partial charge in [0.05, 0.1) is 5.92 Å². The molecule has 0 radical (unpaired) electrons. The minimum atomic E-state index is -4.51. The summed E-state index contributed by atoms with van der Waals surface area (Å²) in [7, 11) is 0. The summed E-state index contributed by atoms with van der Waals surface area (Å²) in [5.41, 5.74) is 2.86. The summed E-state index contributed by atoms with van der Waals surface area (Å²) in [6.07, 6.45) is -4.70. The third kappa shape index (κ3) is 2.98. The smallest absolute Gasteiger partial charge is 0.406 e. The monoisotopic (exact) mass is 247 g/mol. The van der Waals surface area contributed by atoms with Gasteiger partial charge in [0.15, 0.2) is 0 Å². The Morgan fingerprint density at radius 3 is 2.40 bits per heavy atom. The number of hydrogen-bond acceptors (Lipinski definition) is 2. The van der Waals surface area contributed by atoms with Crippen LogP contribution < -0.4 is 5.73 Å². The zero-order valence-electron chi connectivity index (χ0n) is 7.88. The summed E-state index contributed by atoms with van der Waals surface area (Å²) in [4.78, 5) is 10.5. The molecule has 3 N–H and O–H groups in total. The van der Waals surface area contributed by atoms with Crippen LogP contribution in [-0.2, 0) is 4.79 Å². The molecule has 3 nitrogen and oxygen atoms in total. The van der Waals surface area contributed by atoms with Crippen molar-refractivity contribution < 1.29 is 23.1 Å². The van der Waals surface area contributed by atoms with Gasteiger partial charge in [0.1, 0.15) is 5.54 Å². The van der Waals surface area contributed by atoms with E-state index in [9.17, 15) is 18.0 Å².